The van der Waals surface area contributed by atoms with Gasteiger partial charge in [0.25, 0.3) is 0 Å². The number of amides is 1. The van der Waals surface area contributed by atoms with E-state index >= 15 is 0 Å². The second-order valence-corrected chi connectivity index (χ2v) is 3.52. The van der Waals surface area contributed by atoms with Gasteiger partial charge in [-0.3, -0.25) is 4.79 Å². The summed E-state index contributed by atoms with van der Waals surface area (Å²) in [5.74, 6) is -0.0418. The van der Waals surface area contributed by atoms with E-state index in [-0.39, 0.29) is 5.91 Å². The van der Waals surface area contributed by atoms with Crippen molar-refractivity contribution in [1.82, 2.24) is 4.98 Å². The summed E-state index contributed by atoms with van der Waals surface area (Å²) in [5, 5.41) is 4.19. The number of carbonyl (C=O) groups excluding carboxylic acids is 1. The van der Waals surface area contributed by atoms with Crippen LogP contribution in [-0.4, -0.2) is 16.2 Å². The molecule has 0 spiro atoms. The molecule has 1 aromatic carbocycles. The summed E-state index contributed by atoms with van der Waals surface area (Å²) in [5.41, 5.74) is 1.89. The number of H-pyrrole nitrogens is 1. The molecule has 2 N–H and O–H groups in total. The largest absolute Gasteiger partial charge is 0.361 e. The van der Waals surface area contributed by atoms with E-state index in [2.05, 4.69) is 26.2 Å². The molecule has 1 aromatic heterocycles. The molecule has 3 nitrogen and oxygen atoms in total. The highest BCUT2D eigenvalue weighted by Crippen LogP contribution is 2.17. The fourth-order valence-corrected chi connectivity index (χ4v) is 1.47. The van der Waals surface area contributed by atoms with Crippen molar-refractivity contribution < 1.29 is 4.79 Å². The van der Waals surface area contributed by atoms with Crippen LogP contribution in [0.1, 0.15) is 0 Å². The Bertz CT molecular complexity index is 464. The van der Waals surface area contributed by atoms with Gasteiger partial charge in [0.05, 0.1) is 5.33 Å². The van der Waals surface area contributed by atoms with Gasteiger partial charge in [-0.15, -0.1) is 0 Å². The zero-order chi connectivity index (χ0) is 9.97. The number of aromatic amines is 1. The van der Waals surface area contributed by atoms with Gasteiger partial charge in [-0.2, -0.15) is 0 Å². The van der Waals surface area contributed by atoms with Gasteiger partial charge in [0.2, 0.25) is 5.91 Å². The van der Waals surface area contributed by atoms with Crippen molar-refractivity contribution in [1.29, 1.82) is 0 Å². The average molecular weight is 253 g/mol. The summed E-state index contributed by atoms with van der Waals surface area (Å²) in [6.45, 7) is 0. The predicted octanol–water partition coefficient (Wildman–Crippen LogP) is 2.50. The van der Waals surface area contributed by atoms with Crippen LogP contribution in [0.2, 0.25) is 0 Å². The number of anilines is 1. The van der Waals surface area contributed by atoms with Gasteiger partial charge >= 0.3 is 0 Å². The third kappa shape index (κ3) is 1.80. The standard InChI is InChI=1S/C10H9BrN2O/c11-6-10(14)13-8-1-2-9-7(5-8)3-4-12-9/h1-5,12H,6H2,(H,13,14). The summed E-state index contributed by atoms with van der Waals surface area (Å²) in [4.78, 5) is 14.2. The molecule has 0 saturated heterocycles. The van der Waals surface area contributed by atoms with Crippen molar-refractivity contribution in [2.75, 3.05) is 10.6 Å². The number of halogens is 1. The average Bonchev–Trinajstić information content (AvgIpc) is 2.64. The first-order chi connectivity index (χ1) is 6.79. The van der Waals surface area contributed by atoms with Gasteiger partial charge in [-0.25, -0.2) is 0 Å². The molecule has 0 fully saturated rings. The molecule has 1 heterocycles. The Morgan fingerprint density at radius 3 is 3.07 bits per heavy atom. The molecule has 0 saturated carbocycles. The molecule has 0 aliphatic rings. The highest BCUT2D eigenvalue weighted by molar-refractivity contribution is 9.09. The smallest absolute Gasteiger partial charge is 0.235 e. The number of carbonyl (C=O) groups is 1. The quantitative estimate of drug-likeness (QED) is 0.793. The highest BCUT2D eigenvalue weighted by Gasteiger charge is 2.00. The number of nitrogens with one attached hydrogen (secondary N) is 2. The van der Waals surface area contributed by atoms with Crippen LogP contribution in [0.3, 0.4) is 0 Å². The van der Waals surface area contributed by atoms with E-state index in [1.165, 1.54) is 0 Å². The third-order valence-corrected chi connectivity index (χ3v) is 2.47. The van der Waals surface area contributed by atoms with E-state index in [4.69, 9.17) is 0 Å². The molecule has 2 rings (SSSR count). The van der Waals surface area contributed by atoms with Crippen LogP contribution in [-0.2, 0) is 4.79 Å². The van der Waals surface area contributed by atoms with Gasteiger partial charge < -0.3 is 10.3 Å². The lowest BCUT2D eigenvalue weighted by Crippen LogP contribution is -2.11. The Kier molecular flexibility index (Phi) is 2.54. The Hall–Kier alpha value is -1.29. The molecular weight excluding hydrogens is 244 g/mol. The first-order valence-corrected chi connectivity index (χ1v) is 5.35. The summed E-state index contributed by atoms with van der Waals surface area (Å²) >= 11 is 3.10. The maximum atomic E-state index is 11.1. The van der Waals surface area contributed by atoms with E-state index in [1.807, 2.05) is 30.5 Å². The van der Waals surface area contributed by atoms with Gasteiger partial charge in [0, 0.05) is 22.8 Å². The van der Waals surface area contributed by atoms with Gasteiger partial charge in [-0.05, 0) is 24.3 Å². The first kappa shape index (κ1) is 9.27. The summed E-state index contributed by atoms with van der Waals surface area (Å²) in [6.07, 6.45) is 1.88. The number of aromatic nitrogens is 1. The van der Waals surface area contributed by atoms with Crippen molar-refractivity contribution >= 4 is 38.4 Å². The zero-order valence-electron chi connectivity index (χ0n) is 7.38. The SMILES string of the molecule is O=C(CBr)Nc1ccc2[nH]ccc2c1. The molecule has 0 bridgehead atoms. The minimum absolute atomic E-state index is 0.0418. The molecule has 0 atom stereocenters. The normalized spacial score (nSPS) is 10.4. The van der Waals surface area contributed by atoms with E-state index < -0.39 is 0 Å². The Morgan fingerprint density at radius 1 is 1.43 bits per heavy atom. The molecular formula is C10H9BrN2O. The predicted molar refractivity (Wildman–Crippen MR) is 60.7 cm³/mol. The molecule has 1 amide bonds. The number of hydrogen-bond acceptors (Lipinski definition) is 1. The topological polar surface area (TPSA) is 44.9 Å². The van der Waals surface area contributed by atoms with Crippen molar-refractivity contribution in [2.45, 2.75) is 0 Å². The van der Waals surface area contributed by atoms with Crippen LogP contribution < -0.4 is 5.32 Å². The Balaban J connectivity index is 2.30. The van der Waals surface area contributed by atoms with Crippen molar-refractivity contribution in [2.24, 2.45) is 0 Å². The van der Waals surface area contributed by atoms with Crippen LogP contribution in [0.25, 0.3) is 10.9 Å². The van der Waals surface area contributed by atoms with Crippen molar-refractivity contribution in [3.63, 3.8) is 0 Å². The van der Waals surface area contributed by atoms with E-state index in [9.17, 15) is 4.79 Å². The Morgan fingerprint density at radius 2 is 2.29 bits per heavy atom. The zero-order valence-corrected chi connectivity index (χ0v) is 8.97. The van der Waals surface area contributed by atoms with E-state index in [0.29, 0.717) is 5.33 Å². The number of alkyl halides is 1. The number of benzene rings is 1. The van der Waals surface area contributed by atoms with Crippen LogP contribution in [0.4, 0.5) is 5.69 Å². The van der Waals surface area contributed by atoms with Gasteiger partial charge in [0.15, 0.2) is 0 Å². The summed E-state index contributed by atoms with van der Waals surface area (Å²) < 4.78 is 0. The number of fused-ring (bicyclic) bond motifs is 1. The second kappa shape index (κ2) is 3.84. The Labute approximate surface area is 89.6 Å². The first-order valence-electron chi connectivity index (χ1n) is 4.22. The molecule has 0 aliphatic carbocycles. The minimum Gasteiger partial charge on any atom is -0.361 e. The minimum atomic E-state index is -0.0418. The lowest BCUT2D eigenvalue weighted by atomic mass is 10.2. The second-order valence-electron chi connectivity index (χ2n) is 2.96. The maximum absolute atomic E-state index is 11.1. The molecule has 0 radical (unpaired) electrons. The lowest BCUT2D eigenvalue weighted by Gasteiger charge is -2.02. The maximum Gasteiger partial charge on any atom is 0.235 e. The van der Waals surface area contributed by atoms with Crippen molar-refractivity contribution in [3.8, 4) is 0 Å². The summed E-state index contributed by atoms with van der Waals surface area (Å²) in [7, 11) is 0. The molecule has 72 valence electrons. The van der Waals surface area contributed by atoms with E-state index in [1.54, 1.807) is 0 Å². The van der Waals surface area contributed by atoms with Crippen molar-refractivity contribution in [3.05, 3.63) is 30.5 Å². The summed E-state index contributed by atoms with van der Waals surface area (Å²) in [6, 6.07) is 7.73. The van der Waals surface area contributed by atoms with Gasteiger partial charge in [0.1, 0.15) is 0 Å². The molecule has 4 heteroatoms. The molecule has 0 aliphatic heterocycles. The van der Waals surface area contributed by atoms with Gasteiger partial charge in [-0.1, -0.05) is 15.9 Å². The van der Waals surface area contributed by atoms with Crippen LogP contribution in [0.5, 0.6) is 0 Å². The van der Waals surface area contributed by atoms with Crippen LogP contribution >= 0.6 is 15.9 Å². The third-order valence-electron chi connectivity index (χ3n) is 1.96. The van der Waals surface area contributed by atoms with Crippen LogP contribution in [0, 0.1) is 0 Å². The lowest BCUT2D eigenvalue weighted by molar-refractivity contribution is -0.113. The highest BCUT2D eigenvalue weighted by atomic mass is 79.9. The molecule has 2 aromatic rings. The van der Waals surface area contributed by atoms with E-state index in [0.717, 1.165) is 16.6 Å². The molecule has 0 unspecified atom stereocenters. The van der Waals surface area contributed by atoms with Crippen LogP contribution in [0.15, 0.2) is 30.5 Å². The molecule has 14 heavy (non-hydrogen) atoms. The fraction of sp³-hybridized carbons (Fsp3) is 0.100. The number of hydrogen-bond donors (Lipinski definition) is 2. The number of rotatable bonds is 2. The fourth-order valence-electron chi connectivity index (χ4n) is 1.33. The monoisotopic (exact) mass is 252 g/mol.